The first-order chi connectivity index (χ1) is 12.7. The van der Waals surface area contributed by atoms with Crippen LogP contribution >= 0.6 is 0 Å². The number of nitrogens with zero attached hydrogens (tertiary/aromatic N) is 2. The fraction of sp³-hybridized carbons (Fsp3) is 0.429. The van der Waals surface area contributed by atoms with Crippen molar-refractivity contribution < 1.29 is 9.90 Å². The standard InChI is InChI=1S/C21H25N3O2/c25-18-11-17(12-18)21(19-7-3-4-9-22-19)23-20(26)14-24-10-8-15-5-1-2-6-16(15)13-24/h1-7,9,17-18,21,25H,8,10-14H2,(H,23,26)/t17?,18?,21-/m1/s1. The number of hydrogen-bond donors (Lipinski definition) is 2. The maximum Gasteiger partial charge on any atom is 0.234 e. The SMILES string of the molecule is O=C(CN1CCc2ccccc2C1)N[C@@H](c1ccccn1)C1CC(O)C1. The number of aliphatic hydroxyl groups is 1. The largest absolute Gasteiger partial charge is 0.393 e. The number of hydrogen-bond acceptors (Lipinski definition) is 4. The van der Waals surface area contributed by atoms with Gasteiger partial charge in [-0.2, -0.15) is 0 Å². The Labute approximate surface area is 154 Å². The first-order valence-electron chi connectivity index (χ1n) is 9.36. The van der Waals surface area contributed by atoms with Crippen LogP contribution in [0.1, 0.15) is 35.7 Å². The summed E-state index contributed by atoms with van der Waals surface area (Å²) >= 11 is 0. The highest BCUT2D eigenvalue weighted by molar-refractivity contribution is 5.78. The summed E-state index contributed by atoms with van der Waals surface area (Å²) in [7, 11) is 0. The van der Waals surface area contributed by atoms with Crippen LogP contribution in [0.5, 0.6) is 0 Å². The highest BCUT2D eigenvalue weighted by atomic mass is 16.3. The molecule has 2 N–H and O–H groups in total. The minimum absolute atomic E-state index is 0.0291. The molecular formula is C21H25N3O2. The van der Waals surface area contributed by atoms with Gasteiger partial charge < -0.3 is 10.4 Å². The smallest absolute Gasteiger partial charge is 0.234 e. The predicted molar refractivity (Wildman–Crippen MR) is 99.3 cm³/mol. The third-order valence-electron chi connectivity index (χ3n) is 5.52. The lowest BCUT2D eigenvalue weighted by Crippen LogP contribution is -2.45. The van der Waals surface area contributed by atoms with Gasteiger partial charge >= 0.3 is 0 Å². The molecule has 1 amide bonds. The quantitative estimate of drug-likeness (QED) is 0.865. The molecule has 0 spiro atoms. The topological polar surface area (TPSA) is 65.5 Å². The highest BCUT2D eigenvalue weighted by Gasteiger charge is 2.36. The predicted octanol–water partition coefficient (Wildman–Crippen LogP) is 2.07. The molecule has 1 aliphatic heterocycles. The van der Waals surface area contributed by atoms with Gasteiger partial charge in [-0.25, -0.2) is 0 Å². The van der Waals surface area contributed by atoms with E-state index in [0.29, 0.717) is 6.54 Å². The van der Waals surface area contributed by atoms with E-state index in [0.717, 1.165) is 38.0 Å². The van der Waals surface area contributed by atoms with Crippen molar-refractivity contribution in [2.24, 2.45) is 5.92 Å². The Bertz CT molecular complexity index is 759. The molecule has 1 saturated carbocycles. The Morgan fingerprint density at radius 3 is 2.69 bits per heavy atom. The molecule has 1 fully saturated rings. The average Bonchev–Trinajstić information content (AvgIpc) is 2.64. The Balaban J connectivity index is 1.39. The van der Waals surface area contributed by atoms with Gasteiger partial charge in [0, 0.05) is 19.3 Å². The van der Waals surface area contributed by atoms with E-state index in [1.807, 2.05) is 18.2 Å². The molecule has 0 saturated heterocycles. The molecule has 1 aliphatic carbocycles. The molecule has 2 aliphatic rings. The lowest BCUT2D eigenvalue weighted by molar-refractivity contribution is -0.124. The van der Waals surface area contributed by atoms with Crippen molar-refractivity contribution in [2.45, 2.75) is 38.0 Å². The molecule has 4 rings (SSSR count). The molecule has 1 aromatic heterocycles. The van der Waals surface area contributed by atoms with Crippen LogP contribution in [-0.4, -0.2) is 40.1 Å². The van der Waals surface area contributed by atoms with Gasteiger partial charge in [0.2, 0.25) is 5.91 Å². The van der Waals surface area contributed by atoms with E-state index < -0.39 is 0 Å². The molecule has 2 heterocycles. The van der Waals surface area contributed by atoms with Crippen LogP contribution in [0.3, 0.4) is 0 Å². The summed E-state index contributed by atoms with van der Waals surface area (Å²) < 4.78 is 0. The number of aliphatic hydroxyl groups excluding tert-OH is 1. The number of rotatable bonds is 5. The van der Waals surface area contributed by atoms with Crippen molar-refractivity contribution in [3.05, 3.63) is 65.5 Å². The van der Waals surface area contributed by atoms with E-state index in [2.05, 4.69) is 39.5 Å². The van der Waals surface area contributed by atoms with Crippen LogP contribution in [0, 0.1) is 5.92 Å². The third-order valence-corrected chi connectivity index (χ3v) is 5.52. The first-order valence-corrected chi connectivity index (χ1v) is 9.36. The van der Waals surface area contributed by atoms with E-state index in [9.17, 15) is 9.90 Å². The molecule has 1 atom stereocenters. The second-order valence-electron chi connectivity index (χ2n) is 7.41. The molecule has 5 heteroatoms. The molecule has 0 unspecified atom stereocenters. The zero-order chi connectivity index (χ0) is 17.9. The fourth-order valence-electron chi connectivity index (χ4n) is 4.01. The number of benzene rings is 1. The Morgan fingerprint density at radius 1 is 1.19 bits per heavy atom. The average molecular weight is 351 g/mol. The summed E-state index contributed by atoms with van der Waals surface area (Å²) in [6, 6.07) is 14.1. The van der Waals surface area contributed by atoms with Gasteiger partial charge in [0.25, 0.3) is 0 Å². The van der Waals surface area contributed by atoms with Gasteiger partial charge in [0.15, 0.2) is 0 Å². The number of nitrogens with one attached hydrogen (secondary N) is 1. The first kappa shape index (κ1) is 17.2. The summed E-state index contributed by atoms with van der Waals surface area (Å²) in [6.07, 6.45) is 3.94. The van der Waals surface area contributed by atoms with Gasteiger partial charge in [-0.15, -0.1) is 0 Å². The maximum absolute atomic E-state index is 12.7. The fourth-order valence-corrected chi connectivity index (χ4v) is 4.01. The number of carbonyl (C=O) groups excluding carboxylic acids is 1. The van der Waals surface area contributed by atoms with Gasteiger partial charge in [0.05, 0.1) is 24.4 Å². The van der Waals surface area contributed by atoms with Crippen molar-refractivity contribution in [3.63, 3.8) is 0 Å². The summed E-state index contributed by atoms with van der Waals surface area (Å²) in [5.41, 5.74) is 3.58. The van der Waals surface area contributed by atoms with Crippen LogP contribution in [0.4, 0.5) is 0 Å². The zero-order valence-corrected chi connectivity index (χ0v) is 14.8. The summed E-state index contributed by atoms with van der Waals surface area (Å²) in [5.74, 6) is 0.285. The molecule has 5 nitrogen and oxygen atoms in total. The van der Waals surface area contributed by atoms with Crippen LogP contribution < -0.4 is 5.32 Å². The van der Waals surface area contributed by atoms with E-state index >= 15 is 0 Å². The lowest BCUT2D eigenvalue weighted by Gasteiger charge is -2.38. The second kappa shape index (κ2) is 7.56. The number of fused-ring (bicyclic) bond motifs is 1. The zero-order valence-electron chi connectivity index (χ0n) is 14.8. The van der Waals surface area contributed by atoms with Crippen LogP contribution in [-0.2, 0) is 17.8 Å². The van der Waals surface area contributed by atoms with Crippen molar-refractivity contribution >= 4 is 5.91 Å². The number of aromatic nitrogens is 1. The van der Waals surface area contributed by atoms with Crippen molar-refractivity contribution in [1.29, 1.82) is 0 Å². The molecule has 1 aromatic carbocycles. The van der Waals surface area contributed by atoms with Gasteiger partial charge in [-0.3, -0.25) is 14.7 Å². The van der Waals surface area contributed by atoms with Crippen molar-refractivity contribution in [2.75, 3.05) is 13.1 Å². The maximum atomic E-state index is 12.7. The Hall–Kier alpha value is -2.24. The van der Waals surface area contributed by atoms with Gasteiger partial charge in [0.1, 0.15) is 0 Å². The minimum Gasteiger partial charge on any atom is -0.393 e. The van der Waals surface area contributed by atoms with Crippen LogP contribution in [0.15, 0.2) is 48.7 Å². The van der Waals surface area contributed by atoms with Crippen molar-refractivity contribution in [3.8, 4) is 0 Å². The van der Waals surface area contributed by atoms with Crippen LogP contribution in [0.2, 0.25) is 0 Å². The second-order valence-corrected chi connectivity index (χ2v) is 7.41. The summed E-state index contributed by atoms with van der Waals surface area (Å²) in [6.45, 7) is 2.12. The molecule has 0 bridgehead atoms. The third kappa shape index (κ3) is 3.79. The molecule has 136 valence electrons. The van der Waals surface area contributed by atoms with Crippen LogP contribution in [0.25, 0.3) is 0 Å². The highest BCUT2D eigenvalue weighted by Crippen LogP contribution is 2.37. The van der Waals surface area contributed by atoms with Crippen molar-refractivity contribution in [1.82, 2.24) is 15.2 Å². The summed E-state index contributed by atoms with van der Waals surface area (Å²) in [4.78, 5) is 19.3. The molecule has 0 radical (unpaired) electrons. The minimum atomic E-state index is -0.248. The summed E-state index contributed by atoms with van der Waals surface area (Å²) in [5, 5.41) is 12.8. The van der Waals surface area contributed by atoms with E-state index in [1.165, 1.54) is 11.1 Å². The molecule has 2 aromatic rings. The van der Waals surface area contributed by atoms with E-state index in [4.69, 9.17) is 0 Å². The molecule has 26 heavy (non-hydrogen) atoms. The van der Waals surface area contributed by atoms with Gasteiger partial charge in [-0.1, -0.05) is 30.3 Å². The van der Waals surface area contributed by atoms with E-state index in [-0.39, 0.29) is 24.0 Å². The Kier molecular flexibility index (Phi) is 5.00. The monoisotopic (exact) mass is 351 g/mol. The number of carbonyl (C=O) groups is 1. The lowest BCUT2D eigenvalue weighted by atomic mass is 9.76. The number of pyridine rings is 1. The van der Waals surface area contributed by atoms with E-state index in [1.54, 1.807) is 6.20 Å². The Morgan fingerprint density at radius 2 is 1.96 bits per heavy atom. The normalized spacial score (nSPS) is 23.6. The molecular weight excluding hydrogens is 326 g/mol. The van der Waals surface area contributed by atoms with Gasteiger partial charge in [-0.05, 0) is 48.4 Å². The number of amides is 1.